The van der Waals surface area contributed by atoms with E-state index in [1.54, 1.807) is 18.3 Å². The normalized spacial score (nSPS) is 11.0. The van der Waals surface area contributed by atoms with Crippen LogP contribution in [-0.4, -0.2) is 15.9 Å². The minimum absolute atomic E-state index is 0.0494. The zero-order chi connectivity index (χ0) is 20.4. The predicted octanol–water partition coefficient (Wildman–Crippen LogP) is 5.38. The molecule has 2 heterocycles. The van der Waals surface area contributed by atoms with Crippen LogP contribution < -0.4 is 4.90 Å². The summed E-state index contributed by atoms with van der Waals surface area (Å²) in [5, 5.41) is 0.480. The molecule has 0 radical (unpaired) electrons. The number of aryl methyl sites for hydroxylation is 1. The molecular weight excluding hydrogens is 392 g/mol. The van der Waals surface area contributed by atoms with E-state index in [4.69, 9.17) is 0 Å². The highest BCUT2D eigenvalue weighted by molar-refractivity contribution is 7.22. The van der Waals surface area contributed by atoms with Crippen LogP contribution in [0.4, 0.5) is 13.9 Å². The molecule has 2 aromatic heterocycles. The number of carbonyl (C=O) groups is 1. The minimum Gasteiger partial charge on any atom is -0.278 e. The number of thiazole rings is 1. The van der Waals surface area contributed by atoms with Crippen LogP contribution in [0.25, 0.3) is 10.2 Å². The maximum atomic E-state index is 13.7. The summed E-state index contributed by atoms with van der Waals surface area (Å²) in [7, 11) is 0. The zero-order valence-corrected chi connectivity index (χ0v) is 16.4. The molecule has 4 aromatic rings. The Kier molecular flexibility index (Phi) is 5.31. The largest absolute Gasteiger partial charge is 0.278 e. The van der Waals surface area contributed by atoms with Gasteiger partial charge < -0.3 is 0 Å². The molecule has 7 heteroatoms. The van der Waals surface area contributed by atoms with E-state index in [1.807, 2.05) is 18.2 Å². The molecule has 0 saturated carbocycles. The molecule has 0 aliphatic heterocycles. The number of fused-ring (bicyclic) bond motifs is 1. The van der Waals surface area contributed by atoms with Crippen molar-refractivity contribution in [1.82, 2.24) is 9.97 Å². The van der Waals surface area contributed by atoms with Gasteiger partial charge in [-0.2, -0.15) is 0 Å². The van der Waals surface area contributed by atoms with Gasteiger partial charge in [0.25, 0.3) is 5.91 Å². The molecule has 146 valence electrons. The molecule has 0 N–H and O–H groups in total. The van der Waals surface area contributed by atoms with Crippen molar-refractivity contribution in [3.05, 3.63) is 89.2 Å². The molecule has 0 bridgehead atoms. The van der Waals surface area contributed by atoms with Gasteiger partial charge in [0, 0.05) is 11.8 Å². The molecule has 1 amide bonds. The van der Waals surface area contributed by atoms with Gasteiger partial charge in [-0.15, -0.1) is 0 Å². The third kappa shape index (κ3) is 4.00. The number of halogens is 2. The van der Waals surface area contributed by atoms with E-state index in [-0.39, 0.29) is 12.1 Å². The highest BCUT2D eigenvalue weighted by atomic mass is 32.1. The molecule has 4 rings (SSSR count). The summed E-state index contributed by atoms with van der Waals surface area (Å²) in [5.41, 5.74) is 2.67. The molecule has 0 saturated heterocycles. The minimum atomic E-state index is -1.06. The van der Waals surface area contributed by atoms with Crippen LogP contribution >= 0.6 is 11.3 Å². The van der Waals surface area contributed by atoms with Crippen molar-refractivity contribution in [3.8, 4) is 0 Å². The summed E-state index contributed by atoms with van der Waals surface area (Å²) in [4.78, 5) is 23.5. The first kappa shape index (κ1) is 19.1. The number of amides is 1. The number of hydrogen-bond acceptors (Lipinski definition) is 4. The number of carbonyl (C=O) groups excluding carboxylic acids is 1. The third-order valence-electron chi connectivity index (χ3n) is 4.54. The molecule has 0 fully saturated rings. The van der Waals surface area contributed by atoms with Crippen molar-refractivity contribution >= 4 is 32.6 Å². The number of aromatic nitrogens is 2. The van der Waals surface area contributed by atoms with E-state index in [0.29, 0.717) is 10.8 Å². The first-order chi connectivity index (χ1) is 14.0. The topological polar surface area (TPSA) is 46.1 Å². The Bertz CT molecular complexity index is 1180. The number of pyridine rings is 1. The fraction of sp³-hybridized carbons (Fsp3) is 0.136. The average molecular weight is 409 g/mol. The van der Waals surface area contributed by atoms with Crippen LogP contribution in [0.1, 0.15) is 28.5 Å². The van der Waals surface area contributed by atoms with E-state index in [2.05, 4.69) is 23.0 Å². The van der Waals surface area contributed by atoms with Crippen molar-refractivity contribution in [1.29, 1.82) is 0 Å². The van der Waals surface area contributed by atoms with Crippen molar-refractivity contribution in [3.63, 3.8) is 0 Å². The standard InChI is InChI=1S/C22H17F2N3OS/c1-2-14-6-9-19-20(11-14)29-22(26-19)27(13-16-5-3-4-10-25-16)21(28)15-7-8-17(23)18(24)12-15/h3-12H,2,13H2,1H3. The summed E-state index contributed by atoms with van der Waals surface area (Å²) in [6.07, 6.45) is 2.54. The second kappa shape index (κ2) is 8.05. The maximum absolute atomic E-state index is 13.7. The molecule has 0 spiro atoms. The lowest BCUT2D eigenvalue weighted by Gasteiger charge is -2.19. The molecule has 0 unspecified atom stereocenters. The first-order valence-electron chi connectivity index (χ1n) is 9.11. The van der Waals surface area contributed by atoms with Gasteiger partial charge >= 0.3 is 0 Å². The van der Waals surface area contributed by atoms with Gasteiger partial charge in [-0.3, -0.25) is 14.7 Å². The number of anilines is 1. The van der Waals surface area contributed by atoms with Gasteiger partial charge in [-0.05, 0) is 54.4 Å². The summed E-state index contributed by atoms with van der Waals surface area (Å²) >= 11 is 1.38. The van der Waals surface area contributed by atoms with Gasteiger partial charge in [0.1, 0.15) is 0 Å². The van der Waals surface area contributed by atoms with Gasteiger partial charge in [-0.25, -0.2) is 13.8 Å². The Morgan fingerprint density at radius 1 is 1.07 bits per heavy atom. The van der Waals surface area contributed by atoms with E-state index < -0.39 is 17.5 Å². The predicted molar refractivity (Wildman–Crippen MR) is 110 cm³/mol. The SMILES string of the molecule is CCc1ccc2nc(N(Cc3ccccn3)C(=O)c3ccc(F)c(F)c3)sc2c1. The quantitative estimate of drug-likeness (QED) is 0.445. The average Bonchev–Trinajstić information content (AvgIpc) is 3.17. The second-order valence-electron chi connectivity index (χ2n) is 6.49. The number of rotatable bonds is 5. The van der Waals surface area contributed by atoms with Crippen molar-refractivity contribution < 1.29 is 13.6 Å². The summed E-state index contributed by atoms with van der Waals surface area (Å²) in [6.45, 7) is 2.24. The number of hydrogen-bond donors (Lipinski definition) is 0. The maximum Gasteiger partial charge on any atom is 0.260 e. The molecule has 4 nitrogen and oxygen atoms in total. The van der Waals surface area contributed by atoms with Gasteiger partial charge in [0.15, 0.2) is 16.8 Å². The highest BCUT2D eigenvalue weighted by Gasteiger charge is 2.23. The summed E-state index contributed by atoms with van der Waals surface area (Å²) in [5.74, 6) is -2.53. The Morgan fingerprint density at radius 2 is 1.93 bits per heavy atom. The van der Waals surface area contributed by atoms with Crippen LogP contribution in [0.15, 0.2) is 60.8 Å². The van der Waals surface area contributed by atoms with Crippen molar-refractivity contribution in [2.24, 2.45) is 0 Å². The fourth-order valence-corrected chi connectivity index (χ4v) is 3.98. The lowest BCUT2D eigenvalue weighted by Crippen LogP contribution is -2.30. The van der Waals surface area contributed by atoms with Crippen LogP contribution in [0, 0.1) is 11.6 Å². The van der Waals surface area contributed by atoms with Crippen molar-refractivity contribution in [2.45, 2.75) is 19.9 Å². The van der Waals surface area contributed by atoms with Crippen LogP contribution in [-0.2, 0) is 13.0 Å². The molecule has 0 aliphatic rings. The van der Waals surface area contributed by atoms with Crippen LogP contribution in [0.3, 0.4) is 0 Å². The van der Waals surface area contributed by atoms with E-state index in [1.165, 1.54) is 27.9 Å². The lowest BCUT2D eigenvalue weighted by molar-refractivity contribution is 0.0984. The van der Waals surface area contributed by atoms with E-state index in [9.17, 15) is 13.6 Å². The fourth-order valence-electron chi connectivity index (χ4n) is 2.96. The molecule has 0 atom stereocenters. The highest BCUT2D eigenvalue weighted by Crippen LogP contribution is 2.31. The van der Waals surface area contributed by atoms with Crippen LogP contribution in [0.5, 0.6) is 0 Å². The van der Waals surface area contributed by atoms with E-state index in [0.717, 1.165) is 28.8 Å². The lowest BCUT2D eigenvalue weighted by atomic mass is 10.2. The Morgan fingerprint density at radius 3 is 2.66 bits per heavy atom. The number of benzene rings is 2. The van der Waals surface area contributed by atoms with Crippen LogP contribution in [0.2, 0.25) is 0 Å². The summed E-state index contributed by atoms with van der Waals surface area (Å²) < 4.78 is 28.0. The second-order valence-corrected chi connectivity index (χ2v) is 7.50. The molecular formula is C22H17F2N3OS. The molecule has 0 aliphatic carbocycles. The Balaban J connectivity index is 1.77. The Labute approximate surface area is 170 Å². The zero-order valence-electron chi connectivity index (χ0n) is 15.6. The van der Waals surface area contributed by atoms with E-state index >= 15 is 0 Å². The van der Waals surface area contributed by atoms with Gasteiger partial charge in [-0.1, -0.05) is 30.4 Å². The third-order valence-corrected chi connectivity index (χ3v) is 5.58. The van der Waals surface area contributed by atoms with Gasteiger partial charge in [0.2, 0.25) is 0 Å². The Hall–Kier alpha value is -3.19. The van der Waals surface area contributed by atoms with Gasteiger partial charge in [0.05, 0.1) is 22.5 Å². The molecule has 2 aromatic carbocycles. The first-order valence-corrected chi connectivity index (χ1v) is 9.93. The monoisotopic (exact) mass is 409 g/mol. The number of nitrogens with zero attached hydrogens (tertiary/aromatic N) is 3. The van der Waals surface area contributed by atoms with Crippen molar-refractivity contribution in [2.75, 3.05) is 4.90 Å². The smallest absolute Gasteiger partial charge is 0.260 e. The molecule has 29 heavy (non-hydrogen) atoms. The summed E-state index contributed by atoms with van der Waals surface area (Å²) in [6, 6.07) is 14.5.